The van der Waals surface area contributed by atoms with Crippen LogP contribution in [-0.4, -0.2) is 29.8 Å². The Labute approximate surface area is 200 Å². The number of carbonyl (C=O) groups is 2. The molecule has 4 rings (SSSR count). The number of aryl methyl sites for hydroxylation is 1. The Bertz CT molecular complexity index is 1130. The number of benzene rings is 3. The first-order valence-electron chi connectivity index (χ1n) is 11.7. The second-order valence-electron chi connectivity index (χ2n) is 9.85. The van der Waals surface area contributed by atoms with Crippen LogP contribution in [0.1, 0.15) is 55.4 Å². The number of carboxylic acid groups (broad SMARTS) is 1. The number of rotatable bonds is 7. The maximum Gasteiger partial charge on any atom is 0.407 e. The molecule has 176 valence electrons. The fourth-order valence-electron chi connectivity index (χ4n) is 4.52. The molecule has 0 saturated carbocycles. The van der Waals surface area contributed by atoms with E-state index in [4.69, 9.17) is 4.74 Å². The summed E-state index contributed by atoms with van der Waals surface area (Å²) in [4.78, 5) is 24.3. The van der Waals surface area contributed by atoms with Crippen LogP contribution >= 0.6 is 0 Å². The van der Waals surface area contributed by atoms with Gasteiger partial charge in [0.1, 0.15) is 12.6 Å². The third kappa shape index (κ3) is 5.14. The fraction of sp³-hybridized carbons (Fsp3) is 0.310. The van der Waals surface area contributed by atoms with E-state index >= 15 is 0 Å². The lowest BCUT2D eigenvalue weighted by Gasteiger charge is -2.19. The van der Waals surface area contributed by atoms with Gasteiger partial charge in [-0.25, -0.2) is 9.59 Å². The summed E-state index contributed by atoms with van der Waals surface area (Å²) in [5.41, 5.74) is 6.85. The first kappa shape index (κ1) is 23.6. The highest BCUT2D eigenvalue weighted by Crippen LogP contribution is 2.44. The smallest absolute Gasteiger partial charge is 0.407 e. The zero-order valence-corrected chi connectivity index (χ0v) is 19.9. The molecule has 0 aromatic heterocycles. The molecular weight excluding hydrogens is 426 g/mol. The van der Waals surface area contributed by atoms with Gasteiger partial charge in [-0.3, -0.25) is 0 Å². The van der Waals surface area contributed by atoms with Crippen molar-refractivity contribution in [3.05, 3.63) is 95.1 Å². The van der Waals surface area contributed by atoms with E-state index < -0.39 is 18.1 Å². The second-order valence-corrected chi connectivity index (χ2v) is 9.85. The molecule has 5 nitrogen and oxygen atoms in total. The number of alkyl carbamates (subject to hydrolysis) is 1. The summed E-state index contributed by atoms with van der Waals surface area (Å²) in [6, 6.07) is 23.4. The standard InChI is InChI=1S/C29H31NO4/c1-29(2,3)20-15-12-19(13-16-20)14-17-26(27(31)32)30-28(33)34-18-25-23-10-6-4-8-21(23)22-9-5-7-11-24(22)25/h4-13,15-16,25-26H,14,17-18H2,1-3H3,(H,30,33)(H,31,32)/t26-/m0/s1. The van der Waals surface area contributed by atoms with Gasteiger partial charge in [0.2, 0.25) is 0 Å². The van der Waals surface area contributed by atoms with Crippen molar-refractivity contribution in [2.45, 2.75) is 51.0 Å². The Hall–Kier alpha value is -3.60. The highest BCUT2D eigenvalue weighted by atomic mass is 16.5. The number of ether oxygens (including phenoxy) is 1. The Kier molecular flexibility index (Phi) is 6.73. The predicted octanol–water partition coefficient (Wildman–Crippen LogP) is 5.91. The quantitative estimate of drug-likeness (QED) is 0.463. The van der Waals surface area contributed by atoms with Crippen molar-refractivity contribution >= 4 is 12.1 Å². The molecule has 5 heteroatoms. The number of carbonyl (C=O) groups excluding carboxylic acids is 1. The number of fused-ring (bicyclic) bond motifs is 3. The summed E-state index contributed by atoms with van der Waals surface area (Å²) in [6.45, 7) is 6.61. The summed E-state index contributed by atoms with van der Waals surface area (Å²) < 4.78 is 5.51. The number of nitrogens with one attached hydrogen (secondary N) is 1. The van der Waals surface area contributed by atoms with E-state index in [1.165, 1.54) is 5.56 Å². The van der Waals surface area contributed by atoms with Gasteiger partial charge in [-0.05, 0) is 51.6 Å². The lowest BCUT2D eigenvalue weighted by molar-refractivity contribution is -0.139. The van der Waals surface area contributed by atoms with Crippen LogP contribution < -0.4 is 5.32 Å². The zero-order valence-electron chi connectivity index (χ0n) is 19.9. The third-order valence-corrected chi connectivity index (χ3v) is 6.48. The van der Waals surface area contributed by atoms with Gasteiger partial charge >= 0.3 is 12.1 Å². The molecule has 1 atom stereocenters. The average Bonchev–Trinajstić information content (AvgIpc) is 3.13. The summed E-state index contributed by atoms with van der Waals surface area (Å²) in [5.74, 6) is -1.14. The topological polar surface area (TPSA) is 75.6 Å². The molecule has 0 unspecified atom stereocenters. The molecule has 0 heterocycles. The minimum absolute atomic E-state index is 0.0633. The van der Waals surface area contributed by atoms with E-state index in [0.717, 1.165) is 27.8 Å². The Morgan fingerprint density at radius 1 is 0.912 bits per heavy atom. The molecule has 1 aliphatic carbocycles. The van der Waals surface area contributed by atoms with Crippen molar-refractivity contribution in [3.63, 3.8) is 0 Å². The molecule has 3 aromatic rings. The third-order valence-electron chi connectivity index (χ3n) is 6.48. The maximum atomic E-state index is 12.5. The molecular formula is C29H31NO4. The molecule has 34 heavy (non-hydrogen) atoms. The van der Waals surface area contributed by atoms with Crippen LogP contribution in [0, 0.1) is 0 Å². The summed E-state index contributed by atoms with van der Waals surface area (Å²) in [5, 5.41) is 12.2. The van der Waals surface area contributed by atoms with Crippen molar-refractivity contribution in [1.82, 2.24) is 5.32 Å². The summed E-state index contributed by atoms with van der Waals surface area (Å²) in [7, 11) is 0. The van der Waals surface area contributed by atoms with Gasteiger partial charge in [-0.2, -0.15) is 0 Å². The van der Waals surface area contributed by atoms with Crippen LogP contribution in [0.4, 0.5) is 4.79 Å². The highest BCUT2D eigenvalue weighted by Gasteiger charge is 2.29. The lowest BCUT2D eigenvalue weighted by Crippen LogP contribution is -2.41. The number of hydrogen-bond donors (Lipinski definition) is 2. The Morgan fingerprint density at radius 2 is 1.47 bits per heavy atom. The Balaban J connectivity index is 1.35. The van der Waals surface area contributed by atoms with Crippen molar-refractivity contribution in [3.8, 4) is 11.1 Å². The van der Waals surface area contributed by atoms with Gasteiger partial charge in [0.05, 0.1) is 0 Å². The van der Waals surface area contributed by atoms with E-state index in [0.29, 0.717) is 6.42 Å². The molecule has 1 aliphatic rings. The summed E-state index contributed by atoms with van der Waals surface area (Å²) in [6.07, 6.45) is 0.122. The van der Waals surface area contributed by atoms with Gasteiger partial charge in [-0.15, -0.1) is 0 Å². The van der Waals surface area contributed by atoms with E-state index in [-0.39, 0.29) is 24.4 Å². The van der Waals surface area contributed by atoms with Crippen molar-refractivity contribution in [2.24, 2.45) is 0 Å². The van der Waals surface area contributed by atoms with Gasteiger partial charge in [0, 0.05) is 5.92 Å². The zero-order chi connectivity index (χ0) is 24.3. The molecule has 0 spiro atoms. The van der Waals surface area contributed by atoms with Crippen LogP contribution in [0.2, 0.25) is 0 Å². The largest absolute Gasteiger partial charge is 0.480 e. The van der Waals surface area contributed by atoms with E-state index in [1.54, 1.807) is 0 Å². The minimum Gasteiger partial charge on any atom is -0.480 e. The average molecular weight is 458 g/mol. The van der Waals surface area contributed by atoms with Crippen LogP contribution in [0.15, 0.2) is 72.8 Å². The van der Waals surface area contributed by atoms with Crippen LogP contribution in [-0.2, 0) is 21.4 Å². The van der Waals surface area contributed by atoms with Gasteiger partial charge in [-0.1, -0.05) is 93.6 Å². The summed E-state index contributed by atoms with van der Waals surface area (Å²) >= 11 is 0. The van der Waals surface area contributed by atoms with E-state index in [9.17, 15) is 14.7 Å². The van der Waals surface area contributed by atoms with Gasteiger partial charge in [0.15, 0.2) is 0 Å². The monoisotopic (exact) mass is 457 g/mol. The maximum absolute atomic E-state index is 12.5. The van der Waals surface area contributed by atoms with Gasteiger partial charge in [0.25, 0.3) is 0 Å². The van der Waals surface area contributed by atoms with E-state index in [2.05, 4.69) is 50.4 Å². The number of hydrogen-bond acceptors (Lipinski definition) is 3. The molecule has 1 amide bonds. The number of carboxylic acids is 1. The van der Waals surface area contributed by atoms with Crippen LogP contribution in [0.3, 0.4) is 0 Å². The first-order chi connectivity index (χ1) is 16.2. The number of aliphatic carboxylic acids is 1. The number of amides is 1. The Morgan fingerprint density at radius 3 is 2.00 bits per heavy atom. The second kappa shape index (κ2) is 9.72. The highest BCUT2D eigenvalue weighted by molar-refractivity contribution is 5.81. The molecule has 3 aromatic carbocycles. The van der Waals surface area contributed by atoms with Gasteiger partial charge < -0.3 is 15.2 Å². The lowest BCUT2D eigenvalue weighted by atomic mass is 9.86. The van der Waals surface area contributed by atoms with Crippen LogP contribution in [0.5, 0.6) is 0 Å². The van der Waals surface area contributed by atoms with Crippen LogP contribution in [0.25, 0.3) is 11.1 Å². The fourth-order valence-corrected chi connectivity index (χ4v) is 4.52. The molecule has 0 radical (unpaired) electrons. The SMILES string of the molecule is CC(C)(C)c1ccc(CC[C@H](NC(=O)OCC2c3ccccc3-c3ccccc32)C(=O)O)cc1. The normalized spacial score (nSPS) is 13.6. The van der Waals surface area contributed by atoms with Crippen molar-refractivity contribution in [2.75, 3.05) is 6.61 Å². The van der Waals surface area contributed by atoms with E-state index in [1.807, 2.05) is 48.5 Å². The molecule has 0 fully saturated rings. The first-order valence-corrected chi connectivity index (χ1v) is 11.7. The van der Waals surface area contributed by atoms with Crippen molar-refractivity contribution in [1.29, 1.82) is 0 Å². The molecule has 0 saturated heterocycles. The molecule has 0 bridgehead atoms. The molecule has 2 N–H and O–H groups in total. The predicted molar refractivity (Wildman–Crippen MR) is 133 cm³/mol. The minimum atomic E-state index is -1.07. The van der Waals surface area contributed by atoms with Crippen molar-refractivity contribution < 1.29 is 19.4 Å². The molecule has 0 aliphatic heterocycles.